The number of nitrogens with zero attached hydrogens (tertiary/aromatic N) is 1. The van der Waals surface area contributed by atoms with Gasteiger partial charge in [-0.3, -0.25) is 4.79 Å². The molecular weight excluding hydrogens is 322 g/mol. The highest BCUT2D eigenvalue weighted by atomic mass is 32.2. The molecule has 3 aliphatic rings. The zero-order valence-corrected chi connectivity index (χ0v) is 14.9. The number of sulfone groups is 1. The summed E-state index contributed by atoms with van der Waals surface area (Å²) in [5.74, 6) is 0.876. The third-order valence-corrected chi connectivity index (χ3v) is 7.94. The Bertz CT molecular complexity index is 736. The highest BCUT2D eigenvalue weighted by molar-refractivity contribution is 7.91. The number of benzene rings is 1. The molecule has 0 N–H and O–H groups in total. The fourth-order valence-electron chi connectivity index (χ4n) is 4.83. The molecular formula is C19H25NO3S. The van der Waals surface area contributed by atoms with Gasteiger partial charge in [0.15, 0.2) is 0 Å². The Morgan fingerprint density at radius 2 is 1.79 bits per heavy atom. The minimum atomic E-state index is -2.86. The second-order valence-corrected chi connectivity index (χ2v) is 10.1. The van der Waals surface area contributed by atoms with Crippen molar-refractivity contribution in [1.29, 1.82) is 0 Å². The van der Waals surface area contributed by atoms with Crippen LogP contribution in [0.1, 0.15) is 50.5 Å². The molecule has 1 spiro atoms. The molecule has 2 heterocycles. The molecule has 4 nitrogen and oxygen atoms in total. The van der Waals surface area contributed by atoms with Gasteiger partial charge >= 0.3 is 0 Å². The van der Waals surface area contributed by atoms with E-state index in [1.165, 1.54) is 31.2 Å². The van der Waals surface area contributed by atoms with Crippen molar-refractivity contribution in [3.63, 3.8) is 0 Å². The van der Waals surface area contributed by atoms with Gasteiger partial charge in [0.2, 0.25) is 5.91 Å². The zero-order valence-electron chi connectivity index (χ0n) is 14.0. The quantitative estimate of drug-likeness (QED) is 0.826. The normalized spacial score (nSPS) is 25.1. The van der Waals surface area contributed by atoms with E-state index in [1.807, 2.05) is 11.0 Å². The standard InChI is InChI=1S/C19H25NO3S/c21-18(13-15-7-11-24(22,23)12-8-15)20-14-19(9-3-4-10-19)16-5-1-2-6-17(16)20/h1-2,5-6,15H,3-4,7-14H2. The predicted octanol–water partition coefficient (Wildman–Crippen LogP) is 3.06. The van der Waals surface area contributed by atoms with Crippen molar-refractivity contribution in [2.24, 2.45) is 5.92 Å². The number of carbonyl (C=O) groups is 1. The molecule has 0 unspecified atom stereocenters. The van der Waals surface area contributed by atoms with Crippen LogP contribution in [0.2, 0.25) is 0 Å². The van der Waals surface area contributed by atoms with E-state index >= 15 is 0 Å². The summed E-state index contributed by atoms with van der Waals surface area (Å²) < 4.78 is 23.2. The Morgan fingerprint density at radius 1 is 1.12 bits per heavy atom. The molecule has 1 aliphatic carbocycles. The Morgan fingerprint density at radius 3 is 2.50 bits per heavy atom. The number of carbonyl (C=O) groups excluding carboxylic acids is 1. The maximum Gasteiger partial charge on any atom is 0.227 e. The third kappa shape index (κ3) is 2.77. The van der Waals surface area contributed by atoms with Gasteiger partial charge in [-0.05, 0) is 43.2 Å². The topological polar surface area (TPSA) is 54.5 Å². The molecule has 0 atom stereocenters. The van der Waals surface area contributed by atoms with Crippen molar-refractivity contribution in [1.82, 2.24) is 0 Å². The molecule has 2 aliphatic heterocycles. The predicted molar refractivity (Wildman–Crippen MR) is 94.9 cm³/mol. The van der Waals surface area contributed by atoms with Crippen LogP contribution < -0.4 is 4.90 Å². The van der Waals surface area contributed by atoms with E-state index in [4.69, 9.17) is 0 Å². The van der Waals surface area contributed by atoms with E-state index in [2.05, 4.69) is 18.2 Å². The van der Waals surface area contributed by atoms with E-state index in [9.17, 15) is 13.2 Å². The maximum absolute atomic E-state index is 13.0. The lowest BCUT2D eigenvalue weighted by molar-refractivity contribution is -0.119. The molecule has 0 bridgehead atoms. The SMILES string of the molecule is O=C(CC1CCS(=O)(=O)CC1)N1CC2(CCCC2)c2ccccc21. The van der Waals surface area contributed by atoms with Crippen LogP contribution in [0.4, 0.5) is 5.69 Å². The van der Waals surface area contributed by atoms with Crippen LogP contribution in [-0.2, 0) is 20.0 Å². The maximum atomic E-state index is 13.0. The molecule has 4 rings (SSSR count). The first-order valence-corrected chi connectivity index (χ1v) is 10.9. The van der Waals surface area contributed by atoms with E-state index in [-0.39, 0.29) is 28.7 Å². The Hall–Kier alpha value is -1.36. The van der Waals surface area contributed by atoms with Gasteiger partial charge in [0.25, 0.3) is 0 Å². The number of amides is 1. The zero-order chi connectivity index (χ0) is 16.8. The fourth-order valence-corrected chi connectivity index (χ4v) is 6.42. The van der Waals surface area contributed by atoms with Gasteiger partial charge in [-0.2, -0.15) is 0 Å². The Kier molecular flexibility index (Phi) is 3.94. The van der Waals surface area contributed by atoms with E-state index in [1.54, 1.807) is 0 Å². The first-order valence-electron chi connectivity index (χ1n) is 9.09. The number of hydrogen-bond acceptors (Lipinski definition) is 3. The summed E-state index contributed by atoms with van der Waals surface area (Å²) >= 11 is 0. The molecule has 1 amide bonds. The Labute approximate surface area is 144 Å². The third-order valence-electron chi connectivity index (χ3n) is 6.23. The second-order valence-electron chi connectivity index (χ2n) is 7.78. The van der Waals surface area contributed by atoms with E-state index in [0.29, 0.717) is 19.3 Å². The lowest BCUT2D eigenvalue weighted by Gasteiger charge is -2.27. The number of fused-ring (bicyclic) bond motifs is 2. The number of para-hydroxylation sites is 1. The van der Waals surface area contributed by atoms with Crippen LogP contribution in [0, 0.1) is 5.92 Å². The number of hydrogen-bond donors (Lipinski definition) is 0. The second kappa shape index (κ2) is 5.87. The van der Waals surface area contributed by atoms with Crippen molar-refractivity contribution in [2.75, 3.05) is 23.0 Å². The lowest BCUT2D eigenvalue weighted by Crippen LogP contribution is -2.37. The molecule has 1 aromatic carbocycles. The average molecular weight is 347 g/mol. The van der Waals surface area contributed by atoms with Gasteiger partial charge in [-0.25, -0.2) is 8.42 Å². The number of rotatable bonds is 2. The van der Waals surface area contributed by atoms with Crippen LogP contribution in [0.25, 0.3) is 0 Å². The van der Waals surface area contributed by atoms with Gasteiger partial charge in [-0.1, -0.05) is 31.0 Å². The smallest absolute Gasteiger partial charge is 0.227 e. The molecule has 130 valence electrons. The number of anilines is 1. The molecule has 24 heavy (non-hydrogen) atoms. The molecule has 1 saturated carbocycles. The van der Waals surface area contributed by atoms with Crippen molar-refractivity contribution in [3.8, 4) is 0 Å². The van der Waals surface area contributed by atoms with Crippen LogP contribution >= 0.6 is 0 Å². The average Bonchev–Trinajstić information content (AvgIpc) is 3.17. The molecule has 0 aromatic heterocycles. The van der Waals surface area contributed by atoms with Gasteiger partial charge in [0.1, 0.15) is 9.84 Å². The summed E-state index contributed by atoms with van der Waals surface area (Å²) in [4.78, 5) is 14.9. The van der Waals surface area contributed by atoms with Gasteiger partial charge < -0.3 is 4.90 Å². The van der Waals surface area contributed by atoms with Crippen molar-refractivity contribution < 1.29 is 13.2 Å². The molecule has 1 saturated heterocycles. The van der Waals surface area contributed by atoms with Crippen LogP contribution in [0.5, 0.6) is 0 Å². The summed E-state index contributed by atoms with van der Waals surface area (Å²) in [5, 5.41) is 0. The van der Waals surface area contributed by atoms with Crippen molar-refractivity contribution >= 4 is 21.4 Å². The summed E-state index contributed by atoms with van der Waals surface area (Å²) in [7, 11) is -2.86. The Balaban J connectivity index is 1.51. The van der Waals surface area contributed by atoms with E-state index < -0.39 is 9.84 Å². The largest absolute Gasteiger partial charge is 0.311 e. The van der Waals surface area contributed by atoms with Gasteiger partial charge in [0.05, 0.1) is 11.5 Å². The molecule has 5 heteroatoms. The fraction of sp³-hybridized carbons (Fsp3) is 0.632. The molecule has 0 radical (unpaired) electrons. The highest BCUT2D eigenvalue weighted by Gasteiger charge is 2.46. The summed E-state index contributed by atoms with van der Waals surface area (Å²) in [6.45, 7) is 0.816. The minimum Gasteiger partial charge on any atom is -0.311 e. The van der Waals surface area contributed by atoms with Crippen molar-refractivity contribution in [2.45, 2.75) is 50.4 Å². The van der Waals surface area contributed by atoms with Gasteiger partial charge in [-0.15, -0.1) is 0 Å². The summed E-state index contributed by atoms with van der Waals surface area (Å²) in [6, 6.07) is 8.37. The van der Waals surface area contributed by atoms with Crippen LogP contribution in [0.3, 0.4) is 0 Å². The molecule has 1 aromatic rings. The lowest BCUT2D eigenvalue weighted by atomic mass is 9.81. The van der Waals surface area contributed by atoms with Crippen molar-refractivity contribution in [3.05, 3.63) is 29.8 Å². The minimum absolute atomic E-state index is 0.169. The monoisotopic (exact) mass is 347 g/mol. The van der Waals surface area contributed by atoms with Crippen LogP contribution in [-0.4, -0.2) is 32.4 Å². The summed E-state index contributed by atoms with van der Waals surface area (Å²) in [5.41, 5.74) is 2.61. The molecule has 2 fully saturated rings. The summed E-state index contributed by atoms with van der Waals surface area (Å²) in [6.07, 6.45) is 6.60. The first-order chi connectivity index (χ1) is 11.5. The van der Waals surface area contributed by atoms with Crippen LogP contribution in [0.15, 0.2) is 24.3 Å². The van der Waals surface area contributed by atoms with E-state index in [0.717, 1.165) is 12.2 Å². The first kappa shape index (κ1) is 16.1. The van der Waals surface area contributed by atoms with Gasteiger partial charge in [0, 0.05) is 24.1 Å². The highest BCUT2D eigenvalue weighted by Crippen LogP contribution is 2.50.